The number of imidazole rings is 1. The van der Waals surface area contributed by atoms with E-state index >= 15 is 4.39 Å². The van der Waals surface area contributed by atoms with Gasteiger partial charge >= 0.3 is 0 Å². The van der Waals surface area contributed by atoms with Crippen LogP contribution in [0, 0.1) is 12.7 Å². The van der Waals surface area contributed by atoms with Gasteiger partial charge in [0.05, 0.1) is 11.2 Å². The largest absolute Gasteiger partial charge is 0.367 e. The van der Waals surface area contributed by atoms with Crippen LogP contribution in [-0.4, -0.2) is 76.3 Å². The average Bonchev–Trinajstić information content (AvgIpc) is 3.50. The number of aromatic amines is 2. The zero-order valence-corrected chi connectivity index (χ0v) is 22.9. The van der Waals surface area contributed by atoms with Crippen molar-refractivity contribution < 1.29 is 4.39 Å². The number of hydrogen-bond acceptors (Lipinski definition) is 5. The van der Waals surface area contributed by atoms with Crippen LogP contribution in [0.25, 0.3) is 33.7 Å². The van der Waals surface area contributed by atoms with Crippen molar-refractivity contribution in [2.24, 2.45) is 0 Å². The number of nitrogens with one attached hydrogen (secondary N) is 3. The number of likely N-dealkylation sites (N-methyl/N-ethyl adjacent to an activating group) is 2. The van der Waals surface area contributed by atoms with Gasteiger partial charge in [-0.15, -0.1) is 0 Å². The first-order valence-corrected chi connectivity index (χ1v) is 13.1. The van der Waals surface area contributed by atoms with E-state index in [2.05, 4.69) is 50.5 Å². The van der Waals surface area contributed by atoms with Crippen LogP contribution in [0.4, 0.5) is 4.39 Å². The Labute approximate surface area is 224 Å². The Kier molecular flexibility index (Phi) is 8.76. The van der Waals surface area contributed by atoms with Crippen molar-refractivity contribution in [2.75, 3.05) is 46.3 Å². The predicted molar refractivity (Wildman–Crippen MR) is 156 cm³/mol. The molecule has 0 radical (unpaired) electrons. The Morgan fingerprint density at radius 2 is 1.97 bits per heavy atom. The molecule has 0 saturated carbocycles. The van der Waals surface area contributed by atoms with Crippen LogP contribution >= 0.6 is 0 Å². The van der Waals surface area contributed by atoms with Gasteiger partial charge in [0.15, 0.2) is 5.82 Å². The highest BCUT2D eigenvalue weighted by Gasteiger charge is 2.23. The van der Waals surface area contributed by atoms with Crippen molar-refractivity contribution in [1.82, 2.24) is 35.3 Å². The lowest BCUT2D eigenvalue weighted by Gasteiger charge is -2.35. The van der Waals surface area contributed by atoms with E-state index in [1.807, 2.05) is 45.1 Å². The molecule has 0 bridgehead atoms. The van der Waals surface area contributed by atoms with E-state index in [0.29, 0.717) is 29.1 Å². The van der Waals surface area contributed by atoms with Gasteiger partial charge in [0.1, 0.15) is 17.2 Å². The molecule has 1 saturated heterocycles. The fourth-order valence-electron chi connectivity index (χ4n) is 4.72. The standard InChI is InChI=1S/C30H38FN7/c1-7-11-27(38-14-12-37(6)13-15-38)28-20(5)33-30(34-28)29-24-17-23(25(31)18-26(24)35-36-29)22(9-3)16-21(8-2)19-32-10-4/h7-9,11,16-18,32H,1-2,10,12-15,19H2,3-6H3,(H,33,34)(H,35,36)/b21-16+,22-9+,27-11+. The van der Waals surface area contributed by atoms with Gasteiger partial charge < -0.3 is 20.1 Å². The van der Waals surface area contributed by atoms with Gasteiger partial charge in [-0.25, -0.2) is 9.37 Å². The lowest BCUT2D eigenvalue weighted by Crippen LogP contribution is -2.43. The summed E-state index contributed by atoms with van der Waals surface area (Å²) in [7, 11) is 2.14. The summed E-state index contributed by atoms with van der Waals surface area (Å²) >= 11 is 0. The van der Waals surface area contributed by atoms with Gasteiger partial charge in [0.25, 0.3) is 0 Å². The second kappa shape index (κ2) is 12.2. The van der Waals surface area contributed by atoms with Crippen LogP contribution in [-0.2, 0) is 0 Å². The van der Waals surface area contributed by atoms with Gasteiger partial charge in [-0.2, -0.15) is 5.10 Å². The average molecular weight is 516 g/mol. The molecule has 3 N–H and O–H groups in total. The van der Waals surface area contributed by atoms with Crippen molar-refractivity contribution >= 4 is 22.2 Å². The van der Waals surface area contributed by atoms with Crippen molar-refractivity contribution in [2.45, 2.75) is 20.8 Å². The van der Waals surface area contributed by atoms with E-state index in [1.165, 1.54) is 6.07 Å². The number of rotatable bonds is 10. The SMILES string of the molecule is C=C/C=C(\c1nc(-c2n[nH]c3cc(F)c(C(/C=C(\C=C)CNCC)=C/C)cc23)[nH]c1C)N1CCN(C)CC1. The quantitative estimate of drug-likeness (QED) is 0.320. The number of piperazine rings is 1. The smallest absolute Gasteiger partial charge is 0.159 e. The highest BCUT2D eigenvalue weighted by molar-refractivity contribution is 5.95. The lowest BCUT2D eigenvalue weighted by atomic mass is 9.99. The molecule has 0 aliphatic carbocycles. The second-order valence-electron chi connectivity index (χ2n) is 9.53. The Balaban J connectivity index is 1.74. The monoisotopic (exact) mass is 515 g/mol. The normalized spacial score (nSPS) is 15.9. The summed E-state index contributed by atoms with van der Waals surface area (Å²) in [5, 5.41) is 11.6. The summed E-state index contributed by atoms with van der Waals surface area (Å²) in [5.41, 5.74) is 6.42. The number of H-pyrrole nitrogens is 2. The maximum Gasteiger partial charge on any atom is 0.159 e. The summed E-state index contributed by atoms with van der Waals surface area (Å²) in [6.45, 7) is 19.2. The van der Waals surface area contributed by atoms with Crippen LogP contribution in [0.1, 0.15) is 30.8 Å². The molecule has 8 heteroatoms. The molecule has 0 unspecified atom stereocenters. The number of fused-ring (bicyclic) bond motifs is 1. The molecular weight excluding hydrogens is 477 g/mol. The third-order valence-corrected chi connectivity index (χ3v) is 6.93. The third kappa shape index (κ3) is 5.71. The number of hydrogen-bond donors (Lipinski definition) is 3. The van der Waals surface area contributed by atoms with Crippen molar-refractivity contribution in [3.8, 4) is 11.5 Å². The molecule has 4 rings (SSSR count). The van der Waals surface area contributed by atoms with Crippen LogP contribution in [0.3, 0.4) is 0 Å². The fraction of sp³-hybridized carbons (Fsp3) is 0.333. The molecule has 0 spiro atoms. The minimum absolute atomic E-state index is 0.313. The van der Waals surface area contributed by atoms with Crippen LogP contribution in [0.2, 0.25) is 0 Å². The topological polar surface area (TPSA) is 75.9 Å². The van der Waals surface area contributed by atoms with E-state index in [-0.39, 0.29) is 5.82 Å². The molecule has 2 aromatic heterocycles. The van der Waals surface area contributed by atoms with Gasteiger partial charge in [0, 0.05) is 55.4 Å². The highest BCUT2D eigenvalue weighted by atomic mass is 19.1. The van der Waals surface area contributed by atoms with Gasteiger partial charge in [0.2, 0.25) is 0 Å². The second-order valence-corrected chi connectivity index (χ2v) is 9.53. The van der Waals surface area contributed by atoms with E-state index in [4.69, 9.17) is 4.98 Å². The molecule has 1 aliphatic rings. The summed E-state index contributed by atoms with van der Waals surface area (Å²) in [6, 6.07) is 3.35. The molecular formula is C30H38FN7. The molecule has 0 atom stereocenters. The zero-order valence-electron chi connectivity index (χ0n) is 22.9. The molecule has 3 heterocycles. The van der Waals surface area contributed by atoms with Gasteiger partial charge in [-0.05, 0) is 50.7 Å². The van der Waals surface area contributed by atoms with Crippen LogP contribution in [0.5, 0.6) is 0 Å². The molecule has 1 aliphatic heterocycles. The van der Waals surface area contributed by atoms with Crippen molar-refractivity contribution in [3.05, 3.63) is 84.0 Å². The first-order valence-electron chi connectivity index (χ1n) is 13.1. The summed E-state index contributed by atoms with van der Waals surface area (Å²) in [4.78, 5) is 13.1. The maximum absolute atomic E-state index is 15.3. The van der Waals surface area contributed by atoms with E-state index in [9.17, 15) is 0 Å². The zero-order chi connectivity index (χ0) is 27.2. The molecule has 7 nitrogen and oxygen atoms in total. The van der Waals surface area contributed by atoms with Crippen LogP contribution < -0.4 is 5.32 Å². The summed E-state index contributed by atoms with van der Waals surface area (Å²) in [5.74, 6) is 0.327. The molecule has 1 aromatic carbocycles. The number of aromatic nitrogens is 4. The van der Waals surface area contributed by atoms with Crippen molar-refractivity contribution in [1.29, 1.82) is 0 Å². The number of halogens is 1. The van der Waals surface area contributed by atoms with Gasteiger partial charge in [-0.3, -0.25) is 5.10 Å². The first-order chi connectivity index (χ1) is 18.4. The first kappa shape index (κ1) is 27.3. The van der Waals surface area contributed by atoms with E-state index in [0.717, 1.165) is 66.3 Å². The van der Waals surface area contributed by atoms with Gasteiger partial charge in [-0.1, -0.05) is 44.4 Å². The summed E-state index contributed by atoms with van der Waals surface area (Å²) < 4.78 is 15.3. The minimum Gasteiger partial charge on any atom is -0.367 e. The van der Waals surface area contributed by atoms with Crippen LogP contribution in [0.15, 0.2) is 61.2 Å². The Bertz CT molecular complexity index is 1400. The number of nitrogens with zero attached hydrogens (tertiary/aromatic N) is 4. The number of allylic oxidation sites excluding steroid dienone is 5. The molecule has 1 fully saturated rings. The number of aryl methyl sites for hydroxylation is 1. The van der Waals surface area contributed by atoms with E-state index < -0.39 is 0 Å². The Hall–Kier alpha value is -3.75. The maximum atomic E-state index is 15.3. The molecule has 3 aromatic rings. The highest BCUT2D eigenvalue weighted by Crippen LogP contribution is 2.32. The Morgan fingerprint density at radius 1 is 1.21 bits per heavy atom. The predicted octanol–water partition coefficient (Wildman–Crippen LogP) is 5.30. The lowest BCUT2D eigenvalue weighted by molar-refractivity contribution is 0.207. The number of benzene rings is 1. The van der Waals surface area contributed by atoms with E-state index in [1.54, 1.807) is 12.2 Å². The fourth-order valence-corrected chi connectivity index (χ4v) is 4.72. The minimum atomic E-state index is -0.313. The molecule has 200 valence electrons. The van der Waals surface area contributed by atoms with Crippen molar-refractivity contribution in [3.63, 3.8) is 0 Å². The Morgan fingerprint density at radius 3 is 2.63 bits per heavy atom. The summed E-state index contributed by atoms with van der Waals surface area (Å²) in [6.07, 6.45) is 9.51. The molecule has 38 heavy (non-hydrogen) atoms. The molecule has 0 amide bonds. The third-order valence-electron chi connectivity index (χ3n) is 6.93.